The Balaban J connectivity index is 2.04. The molecule has 0 aliphatic rings. The Labute approximate surface area is 154 Å². The molecule has 0 N–H and O–H groups in total. The molecule has 0 fully saturated rings. The van der Waals surface area contributed by atoms with Gasteiger partial charge in [0.25, 0.3) is 0 Å². The second-order valence-electron chi connectivity index (χ2n) is 7.54. The highest BCUT2D eigenvalue weighted by Gasteiger charge is 2.28. The van der Waals surface area contributed by atoms with E-state index in [0.29, 0.717) is 0 Å². The molecule has 1 nitrogen and oxygen atoms in total. The van der Waals surface area contributed by atoms with E-state index in [-0.39, 0.29) is 0 Å². The van der Waals surface area contributed by atoms with Crippen LogP contribution in [0.3, 0.4) is 0 Å². The van der Waals surface area contributed by atoms with Gasteiger partial charge in [0.2, 0.25) is 8.32 Å². The van der Waals surface area contributed by atoms with Crippen LogP contribution in [0.15, 0.2) is 66.7 Å². The smallest absolute Gasteiger partial charge is 0.218 e. The maximum absolute atomic E-state index is 6.22. The van der Waals surface area contributed by atoms with Crippen LogP contribution in [0.4, 0.5) is 0 Å². The quantitative estimate of drug-likeness (QED) is 0.213. The van der Waals surface area contributed by atoms with Gasteiger partial charge in [-0.15, -0.1) is 0 Å². The average Bonchev–Trinajstić information content (AvgIpc) is 2.65. The molecule has 0 saturated carbocycles. The largest absolute Gasteiger partial charge is 0.413 e. The first kappa shape index (κ1) is 15.8. The monoisotopic (exact) mass is 354 g/mol. The molecule has 0 bridgehead atoms. The summed E-state index contributed by atoms with van der Waals surface area (Å²) in [6.07, 6.45) is 0. The molecule has 0 saturated heterocycles. The lowest BCUT2D eigenvalue weighted by atomic mass is 9.90. The van der Waals surface area contributed by atoms with Crippen LogP contribution in [0.2, 0.25) is 13.1 Å². The summed E-state index contributed by atoms with van der Waals surface area (Å²) in [4.78, 5) is 0. The minimum atomic E-state index is -1.93. The molecule has 128 valence electrons. The van der Waals surface area contributed by atoms with Gasteiger partial charge in [-0.3, -0.25) is 0 Å². The van der Waals surface area contributed by atoms with Crippen LogP contribution in [0.5, 0.6) is 0 Å². The molecule has 5 aromatic carbocycles. The third kappa shape index (κ3) is 2.06. The van der Waals surface area contributed by atoms with Crippen molar-refractivity contribution in [2.24, 2.45) is 0 Å². The SMILES string of the molecule is CCO[Si](C)(C)c1ccc2c3cccc4cccc(c5cccc1c52)c43. The molecule has 26 heavy (non-hydrogen) atoms. The Morgan fingerprint density at radius 1 is 0.654 bits per heavy atom. The Kier molecular flexibility index (Phi) is 3.36. The number of hydrogen-bond acceptors (Lipinski definition) is 1. The maximum atomic E-state index is 6.22. The van der Waals surface area contributed by atoms with Crippen molar-refractivity contribution >= 4 is 56.6 Å². The normalized spacial score (nSPS) is 12.7. The first-order valence-electron chi connectivity index (χ1n) is 9.34. The summed E-state index contributed by atoms with van der Waals surface area (Å²) in [5.41, 5.74) is 0. The molecular formula is C24H22OSi. The summed E-state index contributed by atoms with van der Waals surface area (Å²) in [5.74, 6) is 0. The van der Waals surface area contributed by atoms with E-state index in [9.17, 15) is 0 Å². The van der Waals surface area contributed by atoms with Crippen LogP contribution < -0.4 is 5.19 Å². The van der Waals surface area contributed by atoms with Gasteiger partial charge in [-0.05, 0) is 68.3 Å². The minimum Gasteiger partial charge on any atom is -0.413 e. The number of fused-ring (bicyclic) bond motifs is 2. The van der Waals surface area contributed by atoms with Crippen molar-refractivity contribution in [3.63, 3.8) is 0 Å². The summed E-state index contributed by atoms with van der Waals surface area (Å²) in [6.45, 7) is 7.47. The highest BCUT2D eigenvalue weighted by molar-refractivity contribution is 6.86. The van der Waals surface area contributed by atoms with E-state index in [1.54, 1.807) is 0 Å². The van der Waals surface area contributed by atoms with Crippen molar-refractivity contribution < 1.29 is 4.43 Å². The van der Waals surface area contributed by atoms with Gasteiger partial charge < -0.3 is 4.43 Å². The fourth-order valence-electron chi connectivity index (χ4n) is 4.61. The average molecular weight is 355 g/mol. The Morgan fingerprint density at radius 3 is 1.85 bits per heavy atom. The van der Waals surface area contributed by atoms with Crippen LogP contribution in [0, 0.1) is 0 Å². The maximum Gasteiger partial charge on any atom is 0.218 e. The summed E-state index contributed by atoms with van der Waals surface area (Å²) in [5, 5.41) is 12.2. The first-order valence-corrected chi connectivity index (χ1v) is 12.3. The van der Waals surface area contributed by atoms with Gasteiger partial charge in [0, 0.05) is 6.61 Å². The molecular weight excluding hydrogens is 332 g/mol. The van der Waals surface area contributed by atoms with E-state index in [4.69, 9.17) is 4.43 Å². The lowest BCUT2D eigenvalue weighted by Crippen LogP contribution is -2.45. The third-order valence-corrected chi connectivity index (χ3v) is 8.42. The van der Waals surface area contributed by atoms with Gasteiger partial charge in [0.15, 0.2) is 0 Å². The van der Waals surface area contributed by atoms with Crippen molar-refractivity contribution in [3.05, 3.63) is 66.7 Å². The fourth-order valence-corrected chi connectivity index (χ4v) is 6.83. The van der Waals surface area contributed by atoms with Crippen LogP contribution in [0.25, 0.3) is 43.1 Å². The van der Waals surface area contributed by atoms with Crippen molar-refractivity contribution in [1.29, 1.82) is 0 Å². The van der Waals surface area contributed by atoms with Gasteiger partial charge >= 0.3 is 0 Å². The van der Waals surface area contributed by atoms with Crippen molar-refractivity contribution in [1.82, 2.24) is 0 Å². The number of benzene rings is 5. The lowest BCUT2D eigenvalue weighted by Gasteiger charge is -2.25. The molecule has 0 amide bonds. The molecule has 0 aliphatic carbocycles. The summed E-state index contributed by atoms with van der Waals surface area (Å²) in [7, 11) is -1.93. The Morgan fingerprint density at radius 2 is 1.19 bits per heavy atom. The van der Waals surface area contributed by atoms with Crippen molar-refractivity contribution in [3.8, 4) is 0 Å². The predicted octanol–water partition coefficient (Wildman–Crippen LogP) is 6.19. The number of rotatable bonds is 3. The minimum absolute atomic E-state index is 0.768. The van der Waals surface area contributed by atoms with Crippen LogP contribution in [0.1, 0.15) is 6.92 Å². The lowest BCUT2D eigenvalue weighted by molar-refractivity contribution is 0.339. The molecule has 0 radical (unpaired) electrons. The highest BCUT2D eigenvalue weighted by Crippen LogP contribution is 2.39. The third-order valence-electron chi connectivity index (χ3n) is 5.68. The fraction of sp³-hybridized carbons (Fsp3) is 0.167. The van der Waals surface area contributed by atoms with Gasteiger partial charge in [-0.1, -0.05) is 66.7 Å². The molecule has 0 aliphatic heterocycles. The van der Waals surface area contributed by atoms with Gasteiger partial charge in [0.1, 0.15) is 0 Å². The molecule has 0 atom stereocenters. The first-order chi connectivity index (χ1) is 12.6. The standard InChI is InChI=1S/C24H22OSi/c1-4-25-26(2,3)22-15-14-20-18-11-6-9-16-8-5-10-17(23(16)18)19-12-7-13-21(22)24(19)20/h5-15H,4H2,1-3H3. The van der Waals surface area contributed by atoms with E-state index in [0.717, 1.165) is 6.61 Å². The zero-order chi connectivity index (χ0) is 17.9. The van der Waals surface area contributed by atoms with Gasteiger partial charge in [-0.2, -0.15) is 0 Å². The highest BCUT2D eigenvalue weighted by atomic mass is 28.4. The van der Waals surface area contributed by atoms with Crippen LogP contribution >= 0.6 is 0 Å². The Hall–Kier alpha value is -2.42. The van der Waals surface area contributed by atoms with Crippen LogP contribution in [-0.2, 0) is 4.43 Å². The second kappa shape index (κ2) is 5.54. The molecule has 0 unspecified atom stereocenters. The zero-order valence-electron chi connectivity index (χ0n) is 15.5. The molecule has 0 heterocycles. The van der Waals surface area contributed by atoms with Gasteiger partial charge in [0.05, 0.1) is 0 Å². The van der Waals surface area contributed by atoms with E-state index in [1.807, 2.05) is 0 Å². The van der Waals surface area contributed by atoms with E-state index in [1.165, 1.54) is 48.3 Å². The number of hydrogen-bond donors (Lipinski definition) is 0. The summed E-state index contributed by atoms with van der Waals surface area (Å²) < 4.78 is 6.22. The molecule has 2 heteroatoms. The zero-order valence-corrected chi connectivity index (χ0v) is 16.5. The van der Waals surface area contributed by atoms with Gasteiger partial charge in [-0.25, -0.2) is 0 Å². The molecule has 0 spiro atoms. The van der Waals surface area contributed by atoms with E-state index in [2.05, 4.69) is 86.7 Å². The second-order valence-corrected chi connectivity index (χ2v) is 11.4. The topological polar surface area (TPSA) is 9.23 Å². The van der Waals surface area contributed by atoms with Crippen LogP contribution in [-0.4, -0.2) is 14.9 Å². The van der Waals surface area contributed by atoms with Crippen molar-refractivity contribution in [2.45, 2.75) is 20.0 Å². The molecule has 5 rings (SSSR count). The summed E-state index contributed by atoms with van der Waals surface area (Å²) in [6, 6.07) is 24.7. The van der Waals surface area contributed by atoms with Crippen molar-refractivity contribution in [2.75, 3.05) is 6.61 Å². The summed E-state index contributed by atoms with van der Waals surface area (Å²) >= 11 is 0. The van der Waals surface area contributed by atoms with E-state index < -0.39 is 8.32 Å². The Bertz CT molecular complexity index is 1220. The predicted molar refractivity (Wildman–Crippen MR) is 116 cm³/mol. The molecule has 0 aromatic heterocycles. The molecule has 5 aromatic rings. The van der Waals surface area contributed by atoms with E-state index >= 15 is 0 Å².